The zero-order valence-electron chi connectivity index (χ0n) is 16.0. The predicted octanol–water partition coefficient (Wildman–Crippen LogP) is 3.32. The van der Waals surface area contributed by atoms with Gasteiger partial charge in [-0.1, -0.05) is 18.2 Å². The number of nitrogens with zero attached hydrogens (tertiary/aromatic N) is 4. The number of hydrogen-bond donors (Lipinski definition) is 1. The monoisotopic (exact) mass is 429 g/mol. The van der Waals surface area contributed by atoms with Gasteiger partial charge in [-0.3, -0.25) is 0 Å². The molecule has 0 saturated carbocycles. The van der Waals surface area contributed by atoms with Crippen LogP contribution in [0, 0.1) is 18.6 Å². The Balaban J connectivity index is 1.82. The predicted molar refractivity (Wildman–Crippen MR) is 107 cm³/mol. The maximum Gasteiger partial charge on any atom is 0.178 e. The number of rotatable bonds is 5. The van der Waals surface area contributed by atoms with E-state index in [1.54, 1.807) is 31.2 Å². The number of anilines is 1. The summed E-state index contributed by atoms with van der Waals surface area (Å²) in [6, 6.07) is 12.5. The van der Waals surface area contributed by atoms with Crippen LogP contribution in [0.25, 0.3) is 5.65 Å². The summed E-state index contributed by atoms with van der Waals surface area (Å²) in [4.78, 5) is 0.118. The van der Waals surface area contributed by atoms with Crippen molar-refractivity contribution in [2.75, 3.05) is 11.6 Å². The van der Waals surface area contributed by atoms with Gasteiger partial charge in [-0.05, 0) is 54.4 Å². The van der Waals surface area contributed by atoms with E-state index < -0.39 is 27.5 Å². The molecular weight excluding hydrogens is 412 g/mol. The molecule has 154 valence electrons. The standard InChI is InChI=1S/C20H17F2N5O2S/c1-12-24-25-19-9-8-18(26-27(12)19)23-20(14-6-7-16(21)17(22)11-14)13-4-3-5-15(10-13)30(2,28)29/h3-11,20H,1-2H3,(H,23,26). The Hall–Kier alpha value is -3.40. The molecule has 0 saturated heterocycles. The number of nitrogens with one attached hydrogen (secondary N) is 1. The Bertz CT molecular complexity index is 1350. The minimum atomic E-state index is -3.45. The van der Waals surface area contributed by atoms with Gasteiger partial charge in [-0.25, -0.2) is 17.2 Å². The molecule has 0 aliphatic rings. The molecule has 0 aliphatic carbocycles. The average molecular weight is 429 g/mol. The lowest BCUT2D eigenvalue weighted by molar-refractivity contribution is 0.506. The summed E-state index contributed by atoms with van der Waals surface area (Å²) < 4.78 is 53.0. The number of aryl methyl sites for hydroxylation is 1. The Morgan fingerprint density at radius 1 is 0.967 bits per heavy atom. The minimum absolute atomic E-state index is 0.118. The van der Waals surface area contributed by atoms with Crippen LogP contribution in [0.2, 0.25) is 0 Å². The van der Waals surface area contributed by atoms with Crippen LogP contribution in [0.15, 0.2) is 59.5 Å². The molecule has 1 N–H and O–H groups in total. The second-order valence-corrected chi connectivity index (χ2v) is 8.85. The van der Waals surface area contributed by atoms with E-state index in [2.05, 4.69) is 20.6 Å². The second-order valence-electron chi connectivity index (χ2n) is 6.83. The van der Waals surface area contributed by atoms with Gasteiger partial charge >= 0.3 is 0 Å². The van der Waals surface area contributed by atoms with Crippen molar-refractivity contribution in [2.45, 2.75) is 17.9 Å². The van der Waals surface area contributed by atoms with Crippen molar-refractivity contribution in [3.8, 4) is 0 Å². The smallest absolute Gasteiger partial charge is 0.178 e. The van der Waals surface area contributed by atoms with Gasteiger partial charge in [0.15, 0.2) is 32.9 Å². The molecule has 2 aromatic heterocycles. The number of halogens is 2. The third kappa shape index (κ3) is 3.86. The van der Waals surface area contributed by atoms with Crippen molar-refractivity contribution in [3.63, 3.8) is 0 Å². The Labute approximate surface area is 171 Å². The molecule has 2 aromatic carbocycles. The van der Waals surface area contributed by atoms with Crippen molar-refractivity contribution < 1.29 is 17.2 Å². The molecule has 2 heterocycles. The number of fused-ring (bicyclic) bond motifs is 1. The molecular formula is C20H17F2N5O2S. The summed E-state index contributed by atoms with van der Waals surface area (Å²) in [5.74, 6) is -0.972. The van der Waals surface area contributed by atoms with Crippen molar-refractivity contribution in [1.29, 1.82) is 0 Å². The van der Waals surface area contributed by atoms with Gasteiger partial charge < -0.3 is 5.32 Å². The van der Waals surface area contributed by atoms with E-state index in [0.29, 0.717) is 28.4 Å². The molecule has 1 unspecified atom stereocenters. The lowest BCUT2D eigenvalue weighted by Gasteiger charge is -2.21. The van der Waals surface area contributed by atoms with E-state index in [0.717, 1.165) is 18.4 Å². The largest absolute Gasteiger partial charge is 0.358 e. The molecule has 0 amide bonds. The van der Waals surface area contributed by atoms with E-state index in [1.165, 1.54) is 22.7 Å². The summed E-state index contributed by atoms with van der Waals surface area (Å²) >= 11 is 0. The maximum atomic E-state index is 13.9. The molecule has 0 fully saturated rings. The van der Waals surface area contributed by atoms with Gasteiger partial charge in [0.2, 0.25) is 0 Å². The van der Waals surface area contributed by atoms with Crippen LogP contribution >= 0.6 is 0 Å². The maximum absolute atomic E-state index is 13.9. The number of hydrogen-bond acceptors (Lipinski definition) is 6. The van der Waals surface area contributed by atoms with E-state index in [9.17, 15) is 17.2 Å². The highest BCUT2D eigenvalue weighted by molar-refractivity contribution is 7.90. The molecule has 0 bridgehead atoms. The molecule has 1 atom stereocenters. The highest BCUT2D eigenvalue weighted by atomic mass is 32.2. The molecule has 0 radical (unpaired) electrons. The highest BCUT2D eigenvalue weighted by Crippen LogP contribution is 2.29. The van der Waals surface area contributed by atoms with E-state index >= 15 is 0 Å². The van der Waals surface area contributed by atoms with Crippen LogP contribution in [0.4, 0.5) is 14.6 Å². The first-order valence-electron chi connectivity index (χ1n) is 8.93. The van der Waals surface area contributed by atoms with E-state index in [4.69, 9.17) is 0 Å². The number of benzene rings is 2. The topological polar surface area (TPSA) is 89.2 Å². The van der Waals surface area contributed by atoms with E-state index in [1.807, 2.05) is 0 Å². The van der Waals surface area contributed by atoms with Crippen LogP contribution in [0.1, 0.15) is 23.0 Å². The first-order chi connectivity index (χ1) is 14.2. The molecule has 10 heteroatoms. The average Bonchev–Trinajstić information content (AvgIpc) is 3.08. The van der Waals surface area contributed by atoms with Crippen molar-refractivity contribution in [3.05, 3.63) is 83.2 Å². The molecule has 4 aromatic rings. The SMILES string of the molecule is Cc1nnc2ccc(NC(c3cccc(S(C)(=O)=O)c3)c3ccc(F)c(F)c3)nn12. The molecule has 0 spiro atoms. The third-order valence-corrected chi connectivity index (χ3v) is 5.72. The molecule has 4 rings (SSSR count). The van der Waals surface area contributed by atoms with E-state index in [-0.39, 0.29) is 4.90 Å². The Morgan fingerprint density at radius 2 is 1.73 bits per heavy atom. The summed E-state index contributed by atoms with van der Waals surface area (Å²) in [7, 11) is -3.45. The summed E-state index contributed by atoms with van der Waals surface area (Å²) in [6.07, 6.45) is 1.11. The Morgan fingerprint density at radius 3 is 2.47 bits per heavy atom. The first kappa shape index (κ1) is 19.9. The number of sulfone groups is 1. The fraction of sp³-hybridized carbons (Fsp3) is 0.150. The molecule has 0 aliphatic heterocycles. The molecule has 7 nitrogen and oxygen atoms in total. The van der Waals surface area contributed by atoms with Crippen LogP contribution in [-0.4, -0.2) is 34.5 Å². The van der Waals surface area contributed by atoms with Gasteiger partial charge in [0.05, 0.1) is 10.9 Å². The fourth-order valence-electron chi connectivity index (χ4n) is 3.10. The van der Waals surface area contributed by atoms with Crippen molar-refractivity contribution in [2.24, 2.45) is 0 Å². The van der Waals surface area contributed by atoms with Gasteiger partial charge in [0, 0.05) is 6.26 Å². The van der Waals surface area contributed by atoms with Crippen LogP contribution < -0.4 is 5.32 Å². The summed E-state index contributed by atoms with van der Waals surface area (Å²) in [5.41, 5.74) is 1.51. The quantitative estimate of drug-likeness (QED) is 0.524. The van der Waals surface area contributed by atoms with Gasteiger partial charge in [-0.15, -0.1) is 15.3 Å². The Kier molecular flexibility index (Phi) is 4.94. The van der Waals surface area contributed by atoms with Gasteiger partial charge in [-0.2, -0.15) is 4.52 Å². The summed E-state index contributed by atoms with van der Waals surface area (Å²) in [5, 5.41) is 15.5. The fourth-order valence-corrected chi connectivity index (χ4v) is 3.77. The number of aromatic nitrogens is 4. The highest BCUT2D eigenvalue weighted by Gasteiger charge is 2.19. The van der Waals surface area contributed by atoms with Crippen LogP contribution in [-0.2, 0) is 9.84 Å². The zero-order chi connectivity index (χ0) is 21.5. The van der Waals surface area contributed by atoms with Crippen molar-refractivity contribution in [1.82, 2.24) is 19.8 Å². The lowest BCUT2D eigenvalue weighted by Crippen LogP contribution is -2.15. The normalized spacial score (nSPS) is 12.8. The zero-order valence-corrected chi connectivity index (χ0v) is 16.9. The minimum Gasteiger partial charge on any atom is -0.358 e. The van der Waals surface area contributed by atoms with Crippen LogP contribution in [0.5, 0.6) is 0 Å². The van der Waals surface area contributed by atoms with Gasteiger partial charge in [0.25, 0.3) is 0 Å². The molecule has 30 heavy (non-hydrogen) atoms. The van der Waals surface area contributed by atoms with Crippen molar-refractivity contribution >= 4 is 21.3 Å². The first-order valence-corrected chi connectivity index (χ1v) is 10.8. The van der Waals surface area contributed by atoms with Crippen LogP contribution in [0.3, 0.4) is 0 Å². The summed E-state index contributed by atoms with van der Waals surface area (Å²) in [6.45, 7) is 1.75. The third-order valence-electron chi connectivity index (χ3n) is 4.61. The van der Waals surface area contributed by atoms with Gasteiger partial charge in [0.1, 0.15) is 5.82 Å². The lowest BCUT2D eigenvalue weighted by atomic mass is 9.98. The second kappa shape index (κ2) is 7.45.